The van der Waals surface area contributed by atoms with Crippen molar-refractivity contribution in [3.05, 3.63) is 16.4 Å². The molecule has 3 nitrogen and oxygen atoms in total. The number of ketones is 1. The second-order valence-electron chi connectivity index (χ2n) is 3.46. The third-order valence-electron chi connectivity index (χ3n) is 2.60. The standard InChI is InChI=1S/C9H11BrN2O/c1-12-8(7(10)5-11-12)9(13)6-3-2-4-6/h5-6H,2-4H2,1H3. The molecule has 0 spiro atoms. The summed E-state index contributed by atoms with van der Waals surface area (Å²) in [5.41, 5.74) is 0.713. The maximum Gasteiger partial charge on any atom is 0.185 e. The topological polar surface area (TPSA) is 34.9 Å². The number of aromatic nitrogens is 2. The van der Waals surface area contributed by atoms with E-state index in [1.807, 2.05) is 0 Å². The minimum atomic E-state index is 0.234. The molecule has 0 saturated heterocycles. The number of hydrogen-bond acceptors (Lipinski definition) is 2. The molecule has 4 heteroatoms. The lowest BCUT2D eigenvalue weighted by Gasteiger charge is -2.23. The zero-order chi connectivity index (χ0) is 9.42. The van der Waals surface area contributed by atoms with E-state index in [4.69, 9.17) is 0 Å². The molecular formula is C9H11BrN2O. The Bertz CT molecular complexity index is 322. The van der Waals surface area contributed by atoms with Crippen molar-refractivity contribution in [2.24, 2.45) is 13.0 Å². The third kappa shape index (κ3) is 1.43. The summed E-state index contributed by atoms with van der Waals surface area (Å²) in [5, 5.41) is 4.03. The van der Waals surface area contributed by atoms with E-state index in [0.717, 1.165) is 17.3 Å². The summed E-state index contributed by atoms with van der Waals surface area (Å²) in [6, 6.07) is 0. The highest BCUT2D eigenvalue weighted by molar-refractivity contribution is 9.10. The summed E-state index contributed by atoms with van der Waals surface area (Å²) in [5.74, 6) is 0.477. The van der Waals surface area contributed by atoms with Crippen LogP contribution in [-0.4, -0.2) is 15.6 Å². The molecule has 1 saturated carbocycles. The van der Waals surface area contributed by atoms with Crippen molar-refractivity contribution in [3.8, 4) is 0 Å². The number of nitrogens with zero attached hydrogens (tertiary/aromatic N) is 2. The number of Topliss-reactive ketones (excluding diaryl/α,β-unsaturated/α-hetero) is 1. The molecule has 0 aromatic carbocycles. The molecule has 1 fully saturated rings. The molecule has 70 valence electrons. The molecule has 0 atom stereocenters. The lowest BCUT2D eigenvalue weighted by Crippen LogP contribution is -2.24. The number of halogens is 1. The first-order chi connectivity index (χ1) is 6.20. The first-order valence-electron chi connectivity index (χ1n) is 4.42. The van der Waals surface area contributed by atoms with E-state index in [1.165, 1.54) is 6.42 Å². The molecule has 0 aliphatic heterocycles. The van der Waals surface area contributed by atoms with Gasteiger partial charge in [-0.15, -0.1) is 0 Å². The van der Waals surface area contributed by atoms with Crippen LogP contribution in [0.5, 0.6) is 0 Å². The fourth-order valence-corrected chi connectivity index (χ4v) is 2.10. The summed E-state index contributed by atoms with van der Waals surface area (Å²) < 4.78 is 2.46. The average Bonchev–Trinajstić information content (AvgIpc) is 2.27. The fourth-order valence-electron chi connectivity index (χ4n) is 1.55. The Balaban J connectivity index is 2.28. The number of hydrogen-bond donors (Lipinski definition) is 0. The second kappa shape index (κ2) is 3.25. The van der Waals surface area contributed by atoms with E-state index in [2.05, 4.69) is 21.0 Å². The smallest absolute Gasteiger partial charge is 0.185 e. The summed E-state index contributed by atoms with van der Waals surface area (Å²) >= 11 is 3.34. The molecule has 1 heterocycles. The van der Waals surface area contributed by atoms with Crippen LogP contribution in [0.2, 0.25) is 0 Å². The first kappa shape index (κ1) is 8.94. The Kier molecular flexibility index (Phi) is 2.24. The van der Waals surface area contributed by atoms with E-state index in [9.17, 15) is 4.79 Å². The van der Waals surface area contributed by atoms with Gasteiger partial charge in [0.2, 0.25) is 0 Å². The van der Waals surface area contributed by atoms with Gasteiger partial charge in [-0.2, -0.15) is 5.10 Å². The van der Waals surface area contributed by atoms with Crippen LogP contribution in [-0.2, 0) is 7.05 Å². The van der Waals surface area contributed by atoms with Crippen molar-refractivity contribution < 1.29 is 4.79 Å². The van der Waals surface area contributed by atoms with Crippen LogP contribution in [0.1, 0.15) is 29.8 Å². The molecule has 13 heavy (non-hydrogen) atoms. The van der Waals surface area contributed by atoms with E-state index in [1.54, 1.807) is 17.9 Å². The fraction of sp³-hybridized carbons (Fsp3) is 0.556. The molecule has 0 N–H and O–H groups in total. The van der Waals surface area contributed by atoms with Crippen LogP contribution in [0.15, 0.2) is 10.7 Å². The molecule has 0 unspecified atom stereocenters. The number of rotatable bonds is 2. The van der Waals surface area contributed by atoms with E-state index >= 15 is 0 Å². The largest absolute Gasteiger partial charge is 0.292 e. The van der Waals surface area contributed by atoms with Gasteiger partial charge in [-0.05, 0) is 28.8 Å². The maximum atomic E-state index is 11.8. The Morgan fingerprint density at radius 3 is 2.77 bits per heavy atom. The molecule has 1 aromatic heterocycles. The monoisotopic (exact) mass is 242 g/mol. The Hall–Kier alpha value is -0.640. The predicted octanol–water partition coefficient (Wildman–Crippen LogP) is 2.17. The minimum absolute atomic E-state index is 0.234. The molecule has 1 aliphatic carbocycles. The van der Waals surface area contributed by atoms with Gasteiger partial charge in [-0.25, -0.2) is 0 Å². The van der Waals surface area contributed by atoms with E-state index in [0.29, 0.717) is 5.69 Å². The Morgan fingerprint density at radius 2 is 2.38 bits per heavy atom. The molecule has 0 bridgehead atoms. The first-order valence-corrected chi connectivity index (χ1v) is 5.21. The van der Waals surface area contributed by atoms with Crippen molar-refractivity contribution in [2.45, 2.75) is 19.3 Å². The quantitative estimate of drug-likeness (QED) is 0.746. The Labute approximate surface area is 85.3 Å². The predicted molar refractivity (Wildman–Crippen MR) is 52.6 cm³/mol. The van der Waals surface area contributed by atoms with Crippen LogP contribution < -0.4 is 0 Å². The van der Waals surface area contributed by atoms with Gasteiger partial charge in [0, 0.05) is 13.0 Å². The van der Waals surface area contributed by atoms with Gasteiger partial charge in [0.15, 0.2) is 5.78 Å². The van der Waals surface area contributed by atoms with E-state index in [-0.39, 0.29) is 11.7 Å². The highest BCUT2D eigenvalue weighted by Gasteiger charge is 2.29. The maximum absolute atomic E-state index is 11.8. The van der Waals surface area contributed by atoms with Gasteiger partial charge < -0.3 is 0 Å². The molecule has 1 aromatic rings. The summed E-state index contributed by atoms with van der Waals surface area (Å²) in [6.45, 7) is 0. The van der Waals surface area contributed by atoms with Gasteiger partial charge in [-0.1, -0.05) is 6.42 Å². The normalized spacial score (nSPS) is 17.1. The lowest BCUT2D eigenvalue weighted by molar-refractivity contribution is 0.0844. The number of aryl methyl sites for hydroxylation is 1. The summed E-state index contributed by atoms with van der Waals surface area (Å²) in [7, 11) is 1.80. The molecule has 0 radical (unpaired) electrons. The van der Waals surface area contributed by atoms with Crippen molar-refractivity contribution >= 4 is 21.7 Å². The van der Waals surface area contributed by atoms with Gasteiger partial charge in [0.05, 0.1) is 10.7 Å². The van der Waals surface area contributed by atoms with Crippen molar-refractivity contribution in [3.63, 3.8) is 0 Å². The van der Waals surface area contributed by atoms with E-state index < -0.39 is 0 Å². The Morgan fingerprint density at radius 1 is 1.69 bits per heavy atom. The van der Waals surface area contributed by atoms with Gasteiger partial charge in [-0.3, -0.25) is 9.48 Å². The van der Waals surface area contributed by atoms with Crippen LogP contribution in [0.25, 0.3) is 0 Å². The molecular weight excluding hydrogens is 232 g/mol. The van der Waals surface area contributed by atoms with Gasteiger partial charge >= 0.3 is 0 Å². The van der Waals surface area contributed by atoms with Gasteiger partial charge in [0.1, 0.15) is 5.69 Å². The molecule has 0 amide bonds. The lowest BCUT2D eigenvalue weighted by atomic mass is 9.81. The summed E-state index contributed by atoms with van der Waals surface area (Å²) in [4.78, 5) is 11.8. The number of carbonyl (C=O) groups excluding carboxylic acids is 1. The van der Waals surface area contributed by atoms with Crippen molar-refractivity contribution in [1.29, 1.82) is 0 Å². The number of carbonyl (C=O) groups is 1. The second-order valence-corrected chi connectivity index (χ2v) is 4.31. The van der Waals surface area contributed by atoms with Crippen LogP contribution >= 0.6 is 15.9 Å². The van der Waals surface area contributed by atoms with Crippen molar-refractivity contribution in [1.82, 2.24) is 9.78 Å². The van der Waals surface area contributed by atoms with Crippen LogP contribution in [0, 0.1) is 5.92 Å². The third-order valence-corrected chi connectivity index (χ3v) is 3.18. The molecule has 1 aliphatic rings. The van der Waals surface area contributed by atoms with Crippen molar-refractivity contribution in [2.75, 3.05) is 0 Å². The highest BCUT2D eigenvalue weighted by Crippen LogP contribution is 2.31. The summed E-state index contributed by atoms with van der Waals surface area (Å²) in [6.07, 6.45) is 4.94. The highest BCUT2D eigenvalue weighted by atomic mass is 79.9. The van der Waals surface area contributed by atoms with Crippen LogP contribution in [0.3, 0.4) is 0 Å². The molecule has 2 rings (SSSR count). The zero-order valence-corrected chi connectivity index (χ0v) is 9.04. The van der Waals surface area contributed by atoms with Gasteiger partial charge in [0.25, 0.3) is 0 Å². The van der Waals surface area contributed by atoms with Crippen LogP contribution in [0.4, 0.5) is 0 Å². The SMILES string of the molecule is Cn1ncc(Br)c1C(=O)C1CCC1. The minimum Gasteiger partial charge on any atom is -0.292 e. The average molecular weight is 243 g/mol. The zero-order valence-electron chi connectivity index (χ0n) is 7.46.